The summed E-state index contributed by atoms with van der Waals surface area (Å²) in [6.45, 7) is 4.28. The lowest BCUT2D eigenvalue weighted by atomic mass is 10.0. The van der Waals surface area contributed by atoms with Crippen molar-refractivity contribution in [3.8, 4) is 11.5 Å². The number of rotatable bonds is 5. The zero-order valence-electron chi connectivity index (χ0n) is 14.1. The molecule has 1 saturated heterocycles. The SMILES string of the molecule is CC(C)c1ccccc1Oc1ccccc1C=NN=C1NC(=O)CS1. The number of hydrogen-bond acceptors (Lipinski definition) is 5. The van der Waals surface area contributed by atoms with E-state index in [4.69, 9.17) is 4.74 Å². The van der Waals surface area contributed by atoms with Gasteiger partial charge in [0.05, 0.1) is 12.0 Å². The number of amidine groups is 1. The third kappa shape index (κ3) is 4.48. The number of thioether (sulfide) groups is 1. The van der Waals surface area contributed by atoms with Gasteiger partial charge in [0, 0.05) is 5.56 Å². The fourth-order valence-electron chi connectivity index (χ4n) is 2.37. The van der Waals surface area contributed by atoms with Gasteiger partial charge in [-0.2, -0.15) is 5.10 Å². The highest BCUT2D eigenvalue weighted by Gasteiger charge is 2.16. The Bertz CT molecular complexity index is 831. The van der Waals surface area contributed by atoms with Crippen LogP contribution in [0.1, 0.15) is 30.9 Å². The Morgan fingerprint density at radius 2 is 1.84 bits per heavy atom. The van der Waals surface area contributed by atoms with Gasteiger partial charge in [0.15, 0.2) is 5.17 Å². The molecule has 1 aliphatic heterocycles. The van der Waals surface area contributed by atoms with Crippen LogP contribution in [-0.2, 0) is 4.79 Å². The summed E-state index contributed by atoms with van der Waals surface area (Å²) in [5.74, 6) is 2.25. The molecule has 3 rings (SSSR count). The van der Waals surface area contributed by atoms with Gasteiger partial charge in [0.2, 0.25) is 5.91 Å². The van der Waals surface area contributed by atoms with Crippen molar-refractivity contribution in [1.29, 1.82) is 0 Å². The molecule has 0 bridgehead atoms. The molecule has 1 heterocycles. The van der Waals surface area contributed by atoms with Gasteiger partial charge in [-0.3, -0.25) is 4.79 Å². The molecule has 0 atom stereocenters. The van der Waals surface area contributed by atoms with Gasteiger partial charge in [-0.25, -0.2) is 0 Å². The predicted octanol–water partition coefficient (Wildman–Crippen LogP) is 4.16. The minimum atomic E-state index is -0.0482. The maximum Gasteiger partial charge on any atom is 0.236 e. The summed E-state index contributed by atoms with van der Waals surface area (Å²) in [4.78, 5) is 11.1. The summed E-state index contributed by atoms with van der Waals surface area (Å²) in [6, 6.07) is 15.7. The normalized spacial score (nSPS) is 16.0. The van der Waals surface area contributed by atoms with E-state index in [1.807, 2.05) is 42.5 Å². The van der Waals surface area contributed by atoms with Crippen molar-refractivity contribution in [2.75, 3.05) is 5.75 Å². The van der Waals surface area contributed by atoms with Crippen LogP contribution >= 0.6 is 11.8 Å². The molecule has 0 radical (unpaired) electrons. The van der Waals surface area contributed by atoms with Crippen molar-refractivity contribution >= 4 is 29.1 Å². The van der Waals surface area contributed by atoms with E-state index in [2.05, 4.69) is 35.4 Å². The number of ether oxygens (including phenoxy) is 1. The standard InChI is InChI=1S/C19H19N3O2S/c1-13(2)15-8-4-6-10-17(15)24-16-9-5-3-7-14(16)11-20-22-19-21-18(23)12-25-19/h3-11,13H,12H2,1-2H3,(H,21,22,23). The molecule has 25 heavy (non-hydrogen) atoms. The Hall–Kier alpha value is -2.60. The summed E-state index contributed by atoms with van der Waals surface area (Å²) < 4.78 is 6.13. The number of nitrogens with one attached hydrogen (secondary N) is 1. The molecular formula is C19H19N3O2S. The molecule has 2 aromatic carbocycles. The number of nitrogens with zero attached hydrogens (tertiary/aromatic N) is 2. The fraction of sp³-hybridized carbons (Fsp3) is 0.211. The smallest absolute Gasteiger partial charge is 0.236 e. The molecule has 1 fully saturated rings. The Balaban J connectivity index is 1.81. The molecule has 0 aromatic heterocycles. The van der Waals surface area contributed by atoms with Gasteiger partial charge in [-0.05, 0) is 29.7 Å². The van der Waals surface area contributed by atoms with Crippen molar-refractivity contribution in [2.45, 2.75) is 19.8 Å². The fourth-order valence-corrected chi connectivity index (χ4v) is 3.00. The quantitative estimate of drug-likeness (QED) is 0.648. The van der Waals surface area contributed by atoms with Gasteiger partial charge >= 0.3 is 0 Å². The van der Waals surface area contributed by atoms with Crippen molar-refractivity contribution in [2.24, 2.45) is 10.2 Å². The topological polar surface area (TPSA) is 63.1 Å². The van der Waals surface area contributed by atoms with Crippen LogP contribution in [0.2, 0.25) is 0 Å². The Morgan fingerprint density at radius 3 is 2.56 bits per heavy atom. The van der Waals surface area contributed by atoms with E-state index in [1.165, 1.54) is 11.8 Å². The molecule has 1 aliphatic rings. The molecule has 1 N–H and O–H groups in total. The van der Waals surface area contributed by atoms with Crippen LogP contribution < -0.4 is 10.1 Å². The first-order chi connectivity index (χ1) is 12.1. The van der Waals surface area contributed by atoms with Crippen LogP contribution in [0, 0.1) is 0 Å². The van der Waals surface area contributed by atoms with Crippen LogP contribution in [0.5, 0.6) is 11.5 Å². The van der Waals surface area contributed by atoms with Crippen LogP contribution in [0.4, 0.5) is 0 Å². The highest BCUT2D eigenvalue weighted by atomic mass is 32.2. The molecule has 1 amide bonds. The largest absolute Gasteiger partial charge is 0.456 e. The maximum absolute atomic E-state index is 11.1. The van der Waals surface area contributed by atoms with Gasteiger partial charge < -0.3 is 10.1 Å². The van der Waals surface area contributed by atoms with E-state index >= 15 is 0 Å². The maximum atomic E-state index is 11.1. The van der Waals surface area contributed by atoms with Gasteiger partial charge in [-0.1, -0.05) is 55.9 Å². The number of amides is 1. The first-order valence-electron chi connectivity index (χ1n) is 8.03. The number of carbonyl (C=O) groups is 1. The number of benzene rings is 2. The van der Waals surface area contributed by atoms with Crippen LogP contribution in [0.15, 0.2) is 58.7 Å². The van der Waals surface area contributed by atoms with Crippen molar-refractivity contribution in [3.05, 3.63) is 59.7 Å². The van der Waals surface area contributed by atoms with E-state index in [-0.39, 0.29) is 5.91 Å². The Labute approximate surface area is 151 Å². The average molecular weight is 353 g/mol. The number of carbonyl (C=O) groups excluding carboxylic acids is 1. The van der Waals surface area contributed by atoms with Crippen LogP contribution in [0.25, 0.3) is 0 Å². The van der Waals surface area contributed by atoms with Gasteiger partial charge in [0.25, 0.3) is 0 Å². The van der Waals surface area contributed by atoms with Crippen molar-refractivity contribution < 1.29 is 9.53 Å². The first-order valence-corrected chi connectivity index (χ1v) is 9.01. The van der Waals surface area contributed by atoms with Crippen LogP contribution in [0.3, 0.4) is 0 Å². The molecule has 0 unspecified atom stereocenters. The zero-order chi connectivity index (χ0) is 17.6. The molecule has 6 heteroatoms. The minimum absolute atomic E-state index is 0.0482. The summed E-state index contributed by atoms with van der Waals surface area (Å²) >= 11 is 1.34. The Kier molecular flexibility index (Phi) is 5.50. The minimum Gasteiger partial charge on any atom is -0.456 e. The summed E-state index contributed by atoms with van der Waals surface area (Å²) in [7, 11) is 0. The third-order valence-corrected chi connectivity index (χ3v) is 4.48. The molecular weight excluding hydrogens is 334 g/mol. The van der Waals surface area contributed by atoms with Crippen molar-refractivity contribution in [3.63, 3.8) is 0 Å². The zero-order valence-corrected chi connectivity index (χ0v) is 14.9. The lowest BCUT2D eigenvalue weighted by molar-refractivity contribution is -0.116. The summed E-state index contributed by atoms with van der Waals surface area (Å²) in [5, 5.41) is 11.3. The first kappa shape index (κ1) is 17.2. The second-order valence-electron chi connectivity index (χ2n) is 5.82. The van der Waals surface area contributed by atoms with E-state index < -0.39 is 0 Å². The molecule has 0 aliphatic carbocycles. The highest BCUT2D eigenvalue weighted by molar-refractivity contribution is 8.15. The van der Waals surface area contributed by atoms with Crippen molar-refractivity contribution in [1.82, 2.24) is 5.32 Å². The average Bonchev–Trinajstić information content (AvgIpc) is 3.02. The lowest BCUT2D eigenvalue weighted by Gasteiger charge is -2.14. The lowest BCUT2D eigenvalue weighted by Crippen LogP contribution is -2.19. The van der Waals surface area contributed by atoms with E-state index in [9.17, 15) is 4.79 Å². The number of hydrogen-bond donors (Lipinski definition) is 1. The monoisotopic (exact) mass is 353 g/mol. The second kappa shape index (κ2) is 7.98. The van der Waals surface area contributed by atoms with Gasteiger partial charge in [-0.15, -0.1) is 5.10 Å². The molecule has 2 aromatic rings. The van der Waals surface area contributed by atoms with E-state index in [1.54, 1.807) is 6.21 Å². The number of para-hydroxylation sites is 2. The highest BCUT2D eigenvalue weighted by Crippen LogP contribution is 2.31. The molecule has 5 nitrogen and oxygen atoms in total. The summed E-state index contributed by atoms with van der Waals surface area (Å²) in [6.07, 6.45) is 1.63. The van der Waals surface area contributed by atoms with E-state index in [0.29, 0.717) is 22.6 Å². The van der Waals surface area contributed by atoms with E-state index in [0.717, 1.165) is 16.9 Å². The predicted molar refractivity (Wildman–Crippen MR) is 103 cm³/mol. The Morgan fingerprint density at radius 1 is 1.12 bits per heavy atom. The molecule has 0 saturated carbocycles. The molecule has 128 valence electrons. The third-order valence-electron chi connectivity index (χ3n) is 3.61. The van der Waals surface area contributed by atoms with Crippen LogP contribution in [-0.4, -0.2) is 23.0 Å². The van der Waals surface area contributed by atoms with Gasteiger partial charge in [0.1, 0.15) is 11.5 Å². The second-order valence-corrected chi connectivity index (χ2v) is 6.78. The summed E-state index contributed by atoms with van der Waals surface area (Å²) in [5.41, 5.74) is 1.97. The molecule has 0 spiro atoms.